The molecule has 25 heavy (non-hydrogen) atoms. The minimum atomic E-state index is -0.501. The first-order valence-electron chi connectivity index (χ1n) is 8.42. The molecule has 1 atom stereocenters. The van der Waals surface area contributed by atoms with Crippen molar-refractivity contribution in [3.8, 4) is 5.75 Å². The van der Waals surface area contributed by atoms with E-state index < -0.39 is 6.10 Å². The Bertz CT molecular complexity index is 676. The molecule has 1 unspecified atom stereocenters. The van der Waals surface area contributed by atoms with E-state index >= 15 is 0 Å². The minimum absolute atomic E-state index is 0.116. The molecular formula is C20H24FNO2S. The lowest BCUT2D eigenvalue weighted by Crippen LogP contribution is -2.39. The Balaban J connectivity index is 1.71. The van der Waals surface area contributed by atoms with Crippen LogP contribution in [-0.4, -0.2) is 24.3 Å². The van der Waals surface area contributed by atoms with Gasteiger partial charge >= 0.3 is 0 Å². The molecule has 0 aliphatic rings. The van der Waals surface area contributed by atoms with E-state index in [-0.39, 0.29) is 11.7 Å². The van der Waals surface area contributed by atoms with Crippen LogP contribution in [0.2, 0.25) is 0 Å². The quantitative estimate of drug-likeness (QED) is 0.675. The van der Waals surface area contributed by atoms with Crippen LogP contribution in [0.5, 0.6) is 5.75 Å². The van der Waals surface area contributed by atoms with Crippen molar-refractivity contribution in [1.82, 2.24) is 5.32 Å². The van der Waals surface area contributed by atoms with Crippen molar-refractivity contribution in [1.29, 1.82) is 0 Å². The lowest BCUT2D eigenvalue weighted by molar-refractivity contribution is -0.127. The number of hydrogen-bond acceptors (Lipinski definition) is 3. The molecule has 3 nitrogen and oxygen atoms in total. The van der Waals surface area contributed by atoms with Gasteiger partial charge in [-0.15, -0.1) is 0 Å². The van der Waals surface area contributed by atoms with E-state index in [0.717, 1.165) is 11.3 Å². The standard InChI is InChI=1S/C20H24FNO2S/c1-3-19(24-17-10-8-15(2)9-11-17)20(23)22-12-13-25-14-16-6-4-5-7-18(16)21/h4-11,19H,3,12-14H2,1-2H3,(H,22,23). The number of thioether (sulfide) groups is 1. The summed E-state index contributed by atoms with van der Waals surface area (Å²) in [4.78, 5) is 12.2. The van der Waals surface area contributed by atoms with Crippen LogP contribution < -0.4 is 10.1 Å². The number of halogens is 1. The molecular weight excluding hydrogens is 337 g/mol. The maximum Gasteiger partial charge on any atom is 0.261 e. The van der Waals surface area contributed by atoms with Gasteiger partial charge in [-0.3, -0.25) is 4.79 Å². The van der Waals surface area contributed by atoms with Gasteiger partial charge in [0.05, 0.1) is 0 Å². The zero-order valence-corrected chi connectivity index (χ0v) is 15.4. The first-order chi connectivity index (χ1) is 12.1. The summed E-state index contributed by atoms with van der Waals surface area (Å²) in [6, 6.07) is 14.4. The number of carbonyl (C=O) groups is 1. The Hall–Kier alpha value is -2.01. The van der Waals surface area contributed by atoms with Gasteiger partial charge in [0.1, 0.15) is 11.6 Å². The maximum atomic E-state index is 13.5. The highest BCUT2D eigenvalue weighted by atomic mass is 32.2. The molecule has 0 saturated heterocycles. The number of carbonyl (C=O) groups excluding carboxylic acids is 1. The minimum Gasteiger partial charge on any atom is -0.481 e. The summed E-state index contributed by atoms with van der Waals surface area (Å²) >= 11 is 1.59. The second-order valence-electron chi connectivity index (χ2n) is 5.76. The monoisotopic (exact) mass is 361 g/mol. The number of hydrogen-bond donors (Lipinski definition) is 1. The molecule has 5 heteroatoms. The SMILES string of the molecule is CCC(Oc1ccc(C)cc1)C(=O)NCCSCc1ccccc1F. The summed E-state index contributed by atoms with van der Waals surface area (Å²) in [5, 5.41) is 2.89. The van der Waals surface area contributed by atoms with E-state index in [9.17, 15) is 9.18 Å². The molecule has 0 heterocycles. The molecule has 0 bridgehead atoms. The van der Waals surface area contributed by atoms with Crippen molar-refractivity contribution >= 4 is 17.7 Å². The van der Waals surface area contributed by atoms with Crippen molar-refractivity contribution in [2.24, 2.45) is 0 Å². The van der Waals surface area contributed by atoms with E-state index in [2.05, 4.69) is 5.32 Å². The lowest BCUT2D eigenvalue weighted by Gasteiger charge is -2.17. The number of nitrogens with one attached hydrogen (secondary N) is 1. The van der Waals surface area contributed by atoms with Crippen LogP contribution in [-0.2, 0) is 10.5 Å². The topological polar surface area (TPSA) is 38.3 Å². The molecule has 1 N–H and O–H groups in total. The Labute approximate surface area is 153 Å². The van der Waals surface area contributed by atoms with Gasteiger partial charge < -0.3 is 10.1 Å². The van der Waals surface area contributed by atoms with Crippen molar-refractivity contribution in [3.05, 3.63) is 65.5 Å². The van der Waals surface area contributed by atoms with Gasteiger partial charge in [0.2, 0.25) is 0 Å². The first kappa shape index (κ1) is 19.3. The van der Waals surface area contributed by atoms with Crippen molar-refractivity contribution in [2.75, 3.05) is 12.3 Å². The number of ether oxygens (including phenoxy) is 1. The normalized spacial score (nSPS) is 11.8. The van der Waals surface area contributed by atoms with Crippen LogP contribution in [0.15, 0.2) is 48.5 Å². The van der Waals surface area contributed by atoms with E-state index in [1.54, 1.807) is 23.9 Å². The van der Waals surface area contributed by atoms with Crippen LogP contribution in [0.3, 0.4) is 0 Å². The fraction of sp³-hybridized carbons (Fsp3) is 0.350. The fourth-order valence-corrected chi connectivity index (χ4v) is 3.11. The molecule has 0 fully saturated rings. The Morgan fingerprint density at radius 3 is 2.60 bits per heavy atom. The zero-order chi connectivity index (χ0) is 18.1. The molecule has 0 aromatic heterocycles. The average Bonchev–Trinajstić information content (AvgIpc) is 2.62. The molecule has 0 spiro atoms. The molecule has 0 aliphatic carbocycles. The summed E-state index contributed by atoms with van der Waals surface area (Å²) in [5.41, 5.74) is 1.84. The summed E-state index contributed by atoms with van der Waals surface area (Å²) in [7, 11) is 0. The number of amides is 1. The fourth-order valence-electron chi connectivity index (χ4n) is 2.26. The molecule has 2 aromatic carbocycles. The summed E-state index contributed by atoms with van der Waals surface area (Å²) < 4.78 is 19.3. The smallest absolute Gasteiger partial charge is 0.261 e. The van der Waals surface area contributed by atoms with Gasteiger partial charge in [0.15, 0.2) is 6.10 Å². The Morgan fingerprint density at radius 2 is 1.92 bits per heavy atom. The van der Waals surface area contributed by atoms with Gasteiger partial charge in [0, 0.05) is 18.1 Å². The van der Waals surface area contributed by atoms with Crippen molar-refractivity contribution in [3.63, 3.8) is 0 Å². The van der Waals surface area contributed by atoms with Crippen molar-refractivity contribution in [2.45, 2.75) is 32.1 Å². The molecule has 0 aliphatic heterocycles. The average molecular weight is 361 g/mol. The molecule has 0 radical (unpaired) electrons. The second-order valence-corrected chi connectivity index (χ2v) is 6.87. The van der Waals surface area contributed by atoms with Crippen LogP contribution in [0, 0.1) is 12.7 Å². The van der Waals surface area contributed by atoms with Gasteiger partial charge in [0.25, 0.3) is 5.91 Å². The second kappa shape index (κ2) is 10.1. The number of rotatable bonds is 9. The third-order valence-corrected chi connectivity index (χ3v) is 4.73. The van der Waals surface area contributed by atoms with Crippen LogP contribution in [0.25, 0.3) is 0 Å². The highest BCUT2D eigenvalue weighted by Crippen LogP contribution is 2.16. The third-order valence-electron chi connectivity index (χ3n) is 3.72. The molecule has 134 valence electrons. The Kier molecular flexibility index (Phi) is 7.79. The number of aryl methyl sites for hydroxylation is 1. The molecule has 2 aromatic rings. The van der Waals surface area contributed by atoms with E-state index in [1.807, 2.05) is 44.2 Å². The molecule has 1 amide bonds. The third kappa shape index (κ3) is 6.42. The predicted octanol–water partition coefficient (Wildman–Crippen LogP) is 4.34. The van der Waals surface area contributed by atoms with Crippen LogP contribution in [0.1, 0.15) is 24.5 Å². The van der Waals surface area contributed by atoms with Gasteiger partial charge in [-0.05, 0) is 37.1 Å². The zero-order valence-electron chi connectivity index (χ0n) is 14.6. The predicted molar refractivity (Wildman–Crippen MR) is 101 cm³/mol. The van der Waals surface area contributed by atoms with E-state index in [4.69, 9.17) is 4.74 Å². The maximum absolute atomic E-state index is 13.5. The molecule has 0 saturated carbocycles. The van der Waals surface area contributed by atoms with E-state index in [1.165, 1.54) is 6.07 Å². The largest absolute Gasteiger partial charge is 0.481 e. The lowest BCUT2D eigenvalue weighted by atomic mass is 10.2. The summed E-state index contributed by atoms with van der Waals surface area (Å²) in [6.45, 7) is 4.46. The Morgan fingerprint density at radius 1 is 1.20 bits per heavy atom. The molecule has 2 rings (SSSR count). The van der Waals surface area contributed by atoms with Gasteiger partial charge in [-0.25, -0.2) is 4.39 Å². The highest BCUT2D eigenvalue weighted by Gasteiger charge is 2.17. The van der Waals surface area contributed by atoms with Crippen LogP contribution in [0.4, 0.5) is 4.39 Å². The van der Waals surface area contributed by atoms with Crippen LogP contribution >= 0.6 is 11.8 Å². The van der Waals surface area contributed by atoms with Gasteiger partial charge in [-0.2, -0.15) is 11.8 Å². The summed E-state index contributed by atoms with van der Waals surface area (Å²) in [6.07, 6.45) is 0.0986. The first-order valence-corrected chi connectivity index (χ1v) is 9.57. The van der Waals surface area contributed by atoms with E-state index in [0.29, 0.717) is 30.0 Å². The summed E-state index contributed by atoms with van der Waals surface area (Å²) in [5.74, 6) is 1.72. The number of benzene rings is 2. The van der Waals surface area contributed by atoms with Gasteiger partial charge in [-0.1, -0.05) is 42.8 Å². The van der Waals surface area contributed by atoms with Crippen molar-refractivity contribution < 1.29 is 13.9 Å². The highest BCUT2D eigenvalue weighted by molar-refractivity contribution is 7.98.